The molecule has 1 aromatic heterocycles. The van der Waals surface area contributed by atoms with Gasteiger partial charge in [0.05, 0.1) is 0 Å². The number of rotatable bonds is 3. The van der Waals surface area contributed by atoms with E-state index in [9.17, 15) is 10.2 Å². The Kier molecular flexibility index (Phi) is 2.68. The van der Waals surface area contributed by atoms with Crippen LogP contribution in [0.1, 0.15) is 17.5 Å². The molecular formula is C11H15NO3. The van der Waals surface area contributed by atoms with Crippen LogP contribution < -0.4 is 0 Å². The molecule has 1 aliphatic rings. The van der Waals surface area contributed by atoms with Crippen LogP contribution in [0.15, 0.2) is 12.2 Å². The fraction of sp³-hybridized carbons (Fsp3) is 0.455. The molecule has 0 amide bonds. The average Bonchev–Trinajstić information content (AvgIpc) is 2.51. The van der Waals surface area contributed by atoms with Gasteiger partial charge in [0.1, 0.15) is 0 Å². The second-order valence-corrected chi connectivity index (χ2v) is 3.71. The summed E-state index contributed by atoms with van der Waals surface area (Å²) in [7, 11) is 0. The SMILES string of the molecule is OCCCn1c(O)c2c(c1O)CC=CC2. The molecule has 0 aliphatic heterocycles. The molecule has 4 heteroatoms. The third-order valence-corrected chi connectivity index (χ3v) is 2.77. The van der Waals surface area contributed by atoms with Gasteiger partial charge in [-0.2, -0.15) is 0 Å². The van der Waals surface area contributed by atoms with E-state index in [1.807, 2.05) is 12.2 Å². The third-order valence-electron chi connectivity index (χ3n) is 2.77. The van der Waals surface area contributed by atoms with E-state index in [0.717, 1.165) is 11.1 Å². The maximum absolute atomic E-state index is 9.87. The summed E-state index contributed by atoms with van der Waals surface area (Å²) in [6, 6.07) is 0. The molecule has 0 atom stereocenters. The number of nitrogens with zero attached hydrogens (tertiary/aromatic N) is 1. The molecular weight excluding hydrogens is 194 g/mol. The van der Waals surface area contributed by atoms with Gasteiger partial charge in [0.2, 0.25) is 0 Å². The Bertz CT molecular complexity index is 362. The summed E-state index contributed by atoms with van der Waals surface area (Å²) in [5.74, 6) is 0.278. The first-order valence-corrected chi connectivity index (χ1v) is 5.13. The van der Waals surface area contributed by atoms with Crippen molar-refractivity contribution in [3.8, 4) is 11.8 Å². The summed E-state index contributed by atoms with van der Waals surface area (Å²) < 4.78 is 1.47. The van der Waals surface area contributed by atoms with Gasteiger partial charge < -0.3 is 15.3 Å². The smallest absolute Gasteiger partial charge is 0.197 e. The van der Waals surface area contributed by atoms with Crippen molar-refractivity contribution in [3.63, 3.8) is 0 Å². The Balaban J connectivity index is 2.35. The van der Waals surface area contributed by atoms with E-state index in [2.05, 4.69) is 0 Å². The Morgan fingerprint density at radius 3 is 2.07 bits per heavy atom. The molecule has 0 bridgehead atoms. The highest BCUT2D eigenvalue weighted by Crippen LogP contribution is 2.36. The Morgan fingerprint density at radius 1 is 1.07 bits per heavy atom. The van der Waals surface area contributed by atoms with Crippen molar-refractivity contribution < 1.29 is 15.3 Å². The summed E-state index contributed by atoms with van der Waals surface area (Å²) in [5.41, 5.74) is 1.63. The van der Waals surface area contributed by atoms with Crippen molar-refractivity contribution in [1.29, 1.82) is 0 Å². The van der Waals surface area contributed by atoms with Crippen molar-refractivity contribution in [2.24, 2.45) is 0 Å². The second kappa shape index (κ2) is 3.98. The van der Waals surface area contributed by atoms with Gasteiger partial charge in [0, 0.05) is 24.3 Å². The first-order valence-electron chi connectivity index (χ1n) is 5.13. The van der Waals surface area contributed by atoms with Crippen molar-refractivity contribution in [1.82, 2.24) is 4.57 Å². The van der Waals surface area contributed by atoms with E-state index in [-0.39, 0.29) is 18.4 Å². The number of aromatic hydroxyl groups is 2. The third kappa shape index (κ3) is 1.61. The molecule has 0 saturated carbocycles. The highest BCUT2D eigenvalue weighted by molar-refractivity contribution is 5.49. The topological polar surface area (TPSA) is 65.6 Å². The minimum absolute atomic E-state index is 0.0555. The van der Waals surface area contributed by atoms with Gasteiger partial charge in [0.15, 0.2) is 11.8 Å². The number of aliphatic hydroxyl groups excluding tert-OH is 1. The maximum Gasteiger partial charge on any atom is 0.197 e. The number of aromatic nitrogens is 1. The number of aliphatic hydroxyl groups is 1. The van der Waals surface area contributed by atoms with Crippen molar-refractivity contribution >= 4 is 0 Å². The van der Waals surface area contributed by atoms with Gasteiger partial charge in [0.25, 0.3) is 0 Å². The zero-order valence-corrected chi connectivity index (χ0v) is 8.48. The molecule has 0 spiro atoms. The van der Waals surface area contributed by atoms with E-state index in [1.165, 1.54) is 4.57 Å². The first kappa shape index (κ1) is 10.1. The molecule has 4 nitrogen and oxygen atoms in total. The van der Waals surface area contributed by atoms with E-state index in [0.29, 0.717) is 25.8 Å². The van der Waals surface area contributed by atoms with Crippen molar-refractivity contribution in [2.75, 3.05) is 6.61 Å². The highest BCUT2D eigenvalue weighted by Gasteiger charge is 2.21. The predicted octanol–water partition coefficient (Wildman–Crippen LogP) is 0.936. The number of hydrogen-bond donors (Lipinski definition) is 3. The fourth-order valence-corrected chi connectivity index (χ4v) is 1.97. The number of allylic oxidation sites excluding steroid dienone is 2. The van der Waals surface area contributed by atoms with Crippen LogP contribution in [0.2, 0.25) is 0 Å². The average molecular weight is 209 g/mol. The maximum atomic E-state index is 9.87. The molecule has 0 radical (unpaired) electrons. The minimum atomic E-state index is 0.0555. The van der Waals surface area contributed by atoms with Crippen molar-refractivity contribution in [2.45, 2.75) is 25.8 Å². The summed E-state index contributed by atoms with van der Waals surface area (Å²) in [6.07, 6.45) is 5.83. The Labute approximate surface area is 88.1 Å². The van der Waals surface area contributed by atoms with Gasteiger partial charge in [-0.3, -0.25) is 4.57 Å². The van der Waals surface area contributed by atoms with Crippen LogP contribution in [0, 0.1) is 0 Å². The van der Waals surface area contributed by atoms with E-state index in [1.54, 1.807) is 0 Å². The largest absolute Gasteiger partial charge is 0.494 e. The van der Waals surface area contributed by atoms with Gasteiger partial charge in [-0.15, -0.1) is 0 Å². The molecule has 15 heavy (non-hydrogen) atoms. The Morgan fingerprint density at radius 2 is 1.60 bits per heavy atom. The molecule has 1 heterocycles. The monoisotopic (exact) mass is 209 g/mol. The van der Waals surface area contributed by atoms with Gasteiger partial charge in [-0.05, 0) is 19.3 Å². The van der Waals surface area contributed by atoms with E-state index in [4.69, 9.17) is 5.11 Å². The van der Waals surface area contributed by atoms with Crippen LogP contribution in [-0.2, 0) is 19.4 Å². The van der Waals surface area contributed by atoms with Crippen LogP contribution in [0.25, 0.3) is 0 Å². The van der Waals surface area contributed by atoms with E-state index >= 15 is 0 Å². The molecule has 82 valence electrons. The lowest BCUT2D eigenvalue weighted by Crippen LogP contribution is -1.99. The summed E-state index contributed by atoms with van der Waals surface area (Å²) in [5, 5.41) is 28.5. The first-order chi connectivity index (χ1) is 7.25. The van der Waals surface area contributed by atoms with Gasteiger partial charge in [-0.25, -0.2) is 0 Å². The van der Waals surface area contributed by atoms with Crippen LogP contribution in [0.4, 0.5) is 0 Å². The standard InChI is InChI=1S/C11H15NO3/c13-7-3-6-12-10(14)8-4-1-2-5-9(8)11(12)15/h1-2,13-15H,3-7H2. The van der Waals surface area contributed by atoms with Crippen LogP contribution in [0.3, 0.4) is 0 Å². The molecule has 0 fully saturated rings. The van der Waals surface area contributed by atoms with Crippen LogP contribution in [-0.4, -0.2) is 26.5 Å². The summed E-state index contributed by atoms with van der Waals surface area (Å²) >= 11 is 0. The quantitative estimate of drug-likeness (QED) is 0.649. The molecule has 3 N–H and O–H groups in total. The number of fused-ring (bicyclic) bond motifs is 1. The normalized spacial score (nSPS) is 14.2. The zero-order valence-electron chi connectivity index (χ0n) is 8.48. The van der Waals surface area contributed by atoms with Crippen LogP contribution in [0.5, 0.6) is 11.8 Å². The molecule has 2 rings (SSSR count). The second-order valence-electron chi connectivity index (χ2n) is 3.71. The molecule has 1 aromatic rings. The molecule has 1 aliphatic carbocycles. The lowest BCUT2D eigenvalue weighted by Gasteiger charge is -2.05. The van der Waals surface area contributed by atoms with Crippen LogP contribution >= 0.6 is 0 Å². The van der Waals surface area contributed by atoms with Gasteiger partial charge in [-0.1, -0.05) is 12.2 Å². The predicted molar refractivity (Wildman–Crippen MR) is 56.0 cm³/mol. The molecule has 0 aromatic carbocycles. The Hall–Kier alpha value is -1.42. The number of hydrogen-bond acceptors (Lipinski definition) is 3. The van der Waals surface area contributed by atoms with E-state index < -0.39 is 0 Å². The van der Waals surface area contributed by atoms with Crippen molar-refractivity contribution in [3.05, 3.63) is 23.3 Å². The zero-order chi connectivity index (χ0) is 10.8. The minimum Gasteiger partial charge on any atom is -0.494 e. The highest BCUT2D eigenvalue weighted by atomic mass is 16.3. The lowest BCUT2D eigenvalue weighted by atomic mass is 10.0. The van der Waals surface area contributed by atoms with Gasteiger partial charge >= 0.3 is 0 Å². The summed E-state index contributed by atoms with van der Waals surface area (Å²) in [4.78, 5) is 0. The lowest BCUT2D eigenvalue weighted by molar-refractivity contribution is 0.270. The molecule has 0 unspecified atom stereocenters. The summed E-state index contributed by atoms with van der Waals surface area (Å²) in [6.45, 7) is 0.501. The fourth-order valence-electron chi connectivity index (χ4n) is 1.97. The molecule has 0 saturated heterocycles.